The number of aromatic nitrogens is 3. The second-order valence-corrected chi connectivity index (χ2v) is 7.64. The normalized spacial score (nSPS) is 10.8. The molecular weight excluding hydrogens is 388 g/mol. The van der Waals surface area contributed by atoms with Crippen LogP contribution in [0.2, 0.25) is 0 Å². The number of nitrogens with zero attached hydrogens (tertiary/aromatic N) is 3. The Morgan fingerprint density at radius 2 is 1.90 bits per heavy atom. The van der Waals surface area contributed by atoms with Crippen LogP contribution >= 0.6 is 11.3 Å². The second-order valence-electron chi connectivity index (χ2n) is 6.48. The lowest BCUT2D eigenvalue weighted by atomic mass is 10.1. The highest BCUT2D eigenvalue weighted by molar-refractivity contribution is 7.16. The fourth-order valence-electron chi connectivity index (χ4n) is 2.84. The number of fused-ring (bicyclic) bond motifs is 1. The lowest BCUT2D eigenvalue weighted by Gasteiger charge is -2.09. The largest absolute Gasteiger partial charge is 0.487 e. The van der Waals surface area contributed by atoms with Gasteiger partial charge in [0.1, 0.15) is 17.4 Å². The number of benzene rings is 2. The minimum atomic E-state index is -0.229. The summed E-state index contributed by atoms with van der Waals surface area (Å²) in [5, 5.41) is 7.77. The number of carbonyl (C=O) groups is 1. The molecule has 0 aliphatic heterocycles. The van der Waals surface area contributed by atoms with E-state index in [9.17, 15) is 9.59 Å². The number of hydrogen-bond donors (Lipinski definition) is 1. The number of nitrogens with one attached hydrogen (secondary N) is 1. The van der Waals surface area contributed by atoms with Gasteiger partial charge in [0.2, 0.25) is 4.96 Å². The van der Waals surface area contributed by atoms with Crippen LogP contribution in [0.25, 0.3) is 4.96 Å². The Labute approximate surface area is 170 Å². The Kier molecular flexibility index (Phi) is 5.09. The van der Waals surface area contributed by atoms with Gasteiger partial charge >= 0.3 is 0 Å². The highest BCUT2D eigenvalue weighted by Gasteiger charge is 2.09. The van der Waals surface area contributed by atoms with Crippen molar-refractivity contribution in [2.24, 2.45) is 0 Å². The molecule has 29 heavy (non-hydrogen) atoms. The van der Waals surface area contributed by atoms with Crippen LogP contribution in [0.15, 0.2) is 59.4 Å². The summed E-state index contributed by atoms with van der Waals surface area (Å²) in [6, 6.07) is 15.9. The zero-order valence-corrected chi connectivity index (χ0v) is 16.7. The maximum Gasteiger partial charge on any atom is 0.275 e. The van der Waals surface area contributed by atoms with Crippen molar-refractivity contribution in [3.05, 3.63) is 86.8 Å². The maximum atomic E-state index is 12.4. The molecule has 2 aromatic carbocycles. The fourth-order valence-corrected chi connectivity index (χ4v) is 3.61. The van der Waals surface area contributed by atoms with E-state index in [0.29, 0.717) is 27.7 Å². The van der Waals surface area contributed by atoms with E-state index in [-0.39, 0.29) is 18.1 Å². The van der Waals surface area contributed by atoms with Gasteiger partial charge in [-0.15, -0.1) is 0 Å². The van der Waals surface area contributed by atoms with Crippen molar-refractivity contribution < 1.29 is 9.53 Å². The molecule has 0 aliphatic rings. The van der Waals surface area contributed by atoms with Gasteiger partial charge in [-0.25, -0.2) is 4.98 Å². The summed E-state index contributed by atoms with van der Waals surface area (Å²) in [4.78, 5) is 29.4. The molecule has 1 amide bonds. The summed E-state index contributed by atoms with van der Waals surface area (Å²) >= 11 is 1.35. The van der Waals surface area contributed by atoms with Crippen LogP contribution in [-0.2, 0) is 6.61 Å². The third-order valence-corrected chi connectivity index (χ3v) is 5.11. The van der Waals surface area contributed by atoms with E-state index >= 15 is 0 Å². The summed E-state index contributed by atoms with van der Waals surface area (Å²) in [6.45, 7) is 3.89. The molecule has 2 heterocycles. The highest BCUT2D eigenvalue weighted by atomic mass is 32.1. The van der Waals surface area contributed by atoms with E-state index in [4.69, 9.17) is 4.74 Å². The Bertz CT molecular complexity index is 1250. The summed E-state index contributed by atoms with van der Waals surface area (Å²) < 4.78 is 7.01. The van der Waals surface area contributed by atoms with Gasteiger partial charge in [0.15, 0.2) is 0 Å². The molecule has 0 fully saturated rings. The van der Waals surface area contributed by atoms with Crippen LogP contribution in [0.1, 0.15) is 26.6 Å². The van der Waals surface area contributed by atoms with Crippen LogP contribution in [-0.4, -0.2) is 20.5 Å². The fraction of sp³-hybridized carbons (Fsp3) is 0.143. The van der Waals surface area contributed by atoms with Gasteiger partial charge in [0.25, 0.3) is 11.5 Å². The molecular formula is C21H18N4O3S. The molecule has 0 bridgehead atoms. The predicted octanol–water partition coefficient (Wildman–Crippen LogP) is 3.60. The third kappa shape index (κ3) is 4.17. The van der Waals surface area contributed by atoms with Gasteiger partial charge in [0, 0.05) is 17.3 Å². The number of carbonyl (C=O) groups excluding carboxylic acids is 1. The van der Waals surface area contributed by atoms with E-state index in [0.717, 1.165) is 10.6 Å². The molecule has 8 heteroatoms. The molecule has 0 saturated heterocycles. The summed E-state index contributed by atoms with van der Waals surface area (Å²) in [5.41, 5.74) is 2.53. The van der Waals surface area contributed by atoms with Crippen molar-refractivity contribution in [3.8, 4) is 5.75 Å². The number of anilines is 1. The Morgan fingerprint density at radius 1 is 1.14 bits per heavy atom. The van der Waals surface area contributed by atoms with Gasteiger partial charge in [0.05, 0.1) is 5.69 Å². The van der Waals surface area contributed by atoms with E-state index < -0.39 is 0 Å². The van der Waals surface area contributed by atoms with E-state index in [2.05, 4.69) is 15.4 Å². The van der Waals surface area contributed by atoms with Gasteiger partial charge in [-0.1, -0.05) is 29.5 Å². The van der Waals surface area contributed by atoms with Crippen molar-refractivity contribution in [3.63, 3.8) is 0 Å². The average molecular weight is 406 g/mol. The van der Waals surface area contributed by atoms with Crippen LogP contribution in [0.3, 0.4) is 0 Å². The quantitative estimate of drug-likeness (QED) is 0.547. The number of aryl methyl sites for hydroxylation is 2. The average Bonchev–Trinajstić information content (AvgIpc) is 3.08. The highest BCUT2D eigenvalue weighted by Crippen LogP contribution is 2.18. The molecule has 4 aromatic rings. The van der Waals surface area contributed by atoms with Crippen molar-refractivity contribution in [1.29, 1.82) is 0 Å². The standard InChI is InChI=1S/C21H18N4O3S/c1-13-5-3-4-6-18(13)20(27)22-15-7-9-17(10-8-15)28-12-16-11-19(26)25-21(23-16)29-14(2)24-25/h3-11H,12H2,1-2H3,(H,22,27). The van der Waals surface area contributed by atoms with Gasteiger partial charge in [-0.3, -0.25) is 9.59 Å². The predicted molar refractivity (Wildman–Crippen MR) is 112 cm³/mol. The van der Waals surface area contributed by atoms with Gasteiger partial charge in [-0.05, 0) is 49.7 Å². The molecule has 146 valence electrons. The van der Waals surface area contributed by atoms with Crippen LogP contribution < -0.4 is 15.6 Å². The first-order valence-electron chi connectivity index (χ1n) is 8.96. The first-order valence-corrected chi connectivity index (χ1v) is 9.77. The molecule has 0 unspecified atom stereocenters. The van der Waals surface area contributed by atoms with E-state index in [1.54, 1.807) is 30.3 Å². The molecule has 1 N–H and O–H groups in total. The number of ether oxygens (including phenoxy) is 1. The summed E-state index contributed by atoms with van der Waals surface area (Å²) in [5.74, 6) is 0.455. The topological polar surface area (TPSA) is 85.6 Å². The SMILES string of the molecule is Cc1nn2c(=O)cc(COc3ccc(NC(=O)c4ccccc4C)cc3)nc2s1. The third-order valence-electron chi connectivity index (χ3n) is 4.29. The van der Waals surface area contributed by atoms with Crippen LogP contribution in [0.4, 0.5) is 5.69 Å². The minimum absolute atomic E-state index is 0.158. The Hall–Kier alpha value is -3.52. The lowest BCUT2D eigenvalue weighted by Crippen LogP contribution is -2.16. The molecule has 7 nitrogen and oxygen atoms in total. The number of hydrogen-bond acceptors (Lipinski definition) is 6. The van der Waals surface area contributed by atoms with Crippen LogP contribution in [0.5, 0.6) is 5.75 Å². The van der Waals surface area contributed by atoms with E-state index in [1.807, 2.05) is 32.0 Å². The van der Waals surface area contributed by atoms with Crippen molar-refractivity contribution in [2.75, 3.05) is 5.32 Å². The molecule has 0 saturated carbocycles. The van der Waals surface area contributed by atoms with Gasteiger partial charge < -0.3 is 10.1 Å². The smallest absolute Gasteiger partial charge is 0.275 e. The Balaban J connectivity index is 1.41. The first kappa shape index (κ1) is 18.8. The molecule has 4 rings (SSSR count). The van der Waals surface area contributed by atoms with Crippen LogP contribution in [0, 0.1) is 13.8 Å². The van der Waals surface area contributed by atoms with Crippen molar-refractivity contribution in [1.82, 2.24) is 14.6 Å². The van der Waals surface area contributed by atoms with E-state index in [1.165, 1.54) is 21.9 Å². The van der Waals surface area contributed by atoms with Crippen molar-refractivity contribution in [2.45, 2.75) is 20.5 Å². The molecule has 2 aromatic heterocycles. The maximum absolute atomic E-state index is 12.4. The number of rotatable bonds is 5. The monoisotopic (exact) mass is 406 g/mol. The summed E-state index contributed by atoms with van der Waals surface area (Å²) in [7, 11) is 0. The molecule has 0 spiro atoms. The minimum Gasteiger partial charge on any atom is -0.487 e. The molecule has 0 aliphatic carbocycles. The zero-order valence-electron chi connectivity index (χ0n) is 15.9. The second kappa shape index (κ2) is 7.84. The first-order chi connectivity index (χ1) is 14.0. The summed E-state index contributed by atoms with van der Waals surface area (Å²) in [6.07, 6.45) is 0. The molecule has 0 radical (unpaired) electrons. The molecule has 0 atom stereocenters. The van der Waals surface area contributed by atoms with Crippen molar-refractivity contribution >= 4 is 27.9 Å². The van der Waals surface area contributed by atoms with Gasteiger partial charge in [-0.2, -0.15) is 9.61 Å². The number of amides is 1. The lowest BCUT2D eigenvalue weighted by molar-refractivity contribution is 0.102. The zero-order chi connectivity index (χ0) is 20.4. The Morgan fingerprint density at radius 3 is 2.66 bits per heavy atom.